The molecule has 2 fully saturated rings. The maximum atomic E-state index is 10.5. The van der Waals surface area contributed by atoms with E-state index in [9.17, 15) is 5.11 Å². The van der Waals surface area contributed by atoms with Gasteiger partial charge in [-0.25, -0.2) is 15.0 Å². The van der Waals surface area contributed by atoms with Gasteiger partial charge in [0.1, 0.15) is 11.6 Å². The van der Waals surface area contributed by atoms with Crippen LogP contribution in [0.2, 0.25) is 0 Å². The summed E-state index contributed by atoms with van der Waals surface area (Å²) in [6.07, 6.45) is 6.49. The molecule has 5 heterocycles. The Morgan fingerprint density at radius 2 is 1.83 bits per heavy atom. The number of fused-ring (bicyclic) bond motifs is 1. The van der Waals surface area contributed by atoms with Gasteiger partial charge in [-0.3, -0.25) is 0 Å². The number of ether oxygens (including phenoxy) is 1. The van der Waals surface area contributed by atoms with Crippen molar-refractivity contribution in [3.8, 4) is 5.88 Å². The fraction of sp³-hybridized carbons (Fsp3) is 0.476. The molecule has 0 saturated carbocycles. The number of pyridine rings is 1. The molecule has 1 N–H and O–H groups in total. The molecule has 29 heavy (non-hydrogen) atoms. The second-order valence-corrected chi connectivity index (χ2v) is 7.73. The quantitative estimate of drug-likeness (QED) is 0.846. The van der Waals surface area contributed by atoms with Crippen LogP contribution in [0.15, 0.2) is 24.5 Å². The van der Waals surface area contributed by atoms with Crippen molar-refractivity contribution >= 4 is 11.4 Å². The van der Waals surface area contributed by atoms with Gasteiger partial charge >= 0.3 is 0 Å². The van der Waals surface area contributed by atoms with Crippen molar-refractivity contribution in [3.63, 3.8) is 0 Å². The van der Waals surface area contributed by atoms with E-state index in [1.807, 2.05) is 6.20 Å². The minimum absolute atomic E-state index is 0.0537. The third-order valence-electron chi connectivity index (χ3n) is 5.79. The van der Waals surface area contributed by atoms with Crippen molar-refractivity contribution in [2.75, 3.05) is 44.3 Å². The lowest BCUT2D eigenvalue weighted by Crippen LogP contribution is -2.47. The Bertz CT molecular complexity index is 918. The van der Waals surface area contributed by atoms with E-state index in [0.29, 0.717) is 25.6 Å². The summed E-state index contributed by atoms with van der Waals surface area (Å²) in [5.41, 5.74) is 3.49. The van der Waals surface area contributed by atoms with Crippen LogP contribution in [-0.4, -0.2) is 69.5 Å². The van der Waals surface area contributed by atoms with Crippen molar-refractivity contribution in [3.05, 3.63) is 47.2 Å². The smallest absolute Gasteiger partial charge is 0.219 e. The maximum absolute atomic E-state index is 10.5. The standard InChI is InChI=1S/C21H26N6O2/c1-15-23-20-17(16-4-5-19(22-12-16)25-6-2-3-7-25)13-27(14-18(20)21(28)24-15)26-8-10-29-11-9-26/h4-5,12-13H,2-3,6-11,14H2,1H3,(H,23,24,28). The Morgan fingerprint density at radius 1 is 1.03 bits per heavy atom. The third-order valence-corrected chi connectivity index (χ3v) is 5.79. The monoisotopic (exact) mass is 394 g/mol. The lowest BCUT2D eigenvalue weighted by atomic mass is 9.98. The van der Waals surface area contributed by atoms with Crippen LogP contribution >= 0.6 is 0 Å². The molecule has 0 radical (unpaired) electrons. The first-order chi connectivity index (χ1) is 14.2. The lowest BCUT2D eigenvalue weighted by Gasteiger charge is -2.39. The van der Waals surface area contributed by atoms with Crippen LogP contribution in [0.5, 0.6) is 5.88 Å². The van der Waals surface area contributed by atoms with Gasteiger partial charge in [0.2, 0.25) is 5.88 Å². The van der Waals surface area contributed by atoms with Gasteiger partial charge < -0.3 is 19.8 Å². The zero-order valence-corrected chi connectivity index (χ0v) is 16.7. The largest absolute Gasteiger partial charge is 0.493 e. The molecule has 8 nitrogen and oxygen atoms in total. The number of hydrazine groups is 1. The Balaban J connectivity index is 1.53. The maximum Gasteiger partial charge on any atom is 0.219 e. The van der Waals surface area contributed by atoms with Crippen LogP contribution < -0.4 is 4.90 Å². The topological polar surface area (TPSA) is 77.9 Å². The summed E-state index contributed by atoms with van der Waals surface area (Å²) in [7, 11) is 0. The number of aryl methyl sites for hydroxylation is 1. The van der Waals surface area contributed by atoms with Gasteiger partial charge in [-0.15, -0.1) is 0 Å². The fourth-order valence-corrected chi connectivity index (χ4v) is 4.25. The summed E-state index contributed by atoms with van der Waals surface area (Å²) in [4.78, 5) is 15.9. The van der Waals surface area contributed by atoms with Gasteiger partial charge in [0.25, 0.3) is 0 Å². The molecule has 8 heteroatoms. The Labute approximate surface area is 170 Å². The molecule has 0 spiro atoms. The minimum atomic E-state index is 0.0537. The molecule has 2 saturated heterocycles. The highest BCUT2D eigenvalue weighted by Crippen LogP contribution is 2.35. The van der Waals surface area contributed by atoms with Crippen molar-refractivity contribution in [2.24, 2.45) is 0 Å². The van der Waals surface area contributed by atoms with Crippen LogP contribution in [0.25, 0.3) is 5.57 Å². The van der Waals surface area contributed by atoms with Gasteiger partial charge in [0.15, 0.2) is 0 Å². The Hall–Kier alpha value is -2.71. The van der Waals surface area contributed by atoms with E-state index in [0.717, 1.165) is 54.4 Å². The number of morpholine rings is 1. The third kappa shape index (κ3) is 3.54. The number of rotatable bonds is 3. The van der Waals surface area contributed by atoms with Crippen LogP contribution in [0.1, 0.15) is 35.5 Å². The molecule has 152 valence electrons. The first kappa shape index (κ1) is 18.3. The molecule has 2 aromatic heterocycles. The number of nitrogens with zero attached hydrogens (tertiary/aromatic N) is 6. The molecule has 0 unspecified atom stereocenters. The number of hydrogen-bond acceptors (Lipinski definition) is 8. The van der Waals surface area contributed by atoms with E-state index in [-0.39, 0.29) is 5.88 Å². The predicted octanol–water partition coefficient (Wildman–Crippen LogP) is 1.94. The molecule has 3 aliphatic rings. The average Bonchev–Trinajstić information content (AvgIpc) is 3.29. The molecular weight excluding hydrogens is 368 g/mol. The van der Waals surface area contributed by atoms with E-state index < -0.39 is 0 Å². The molecule has 3 aliphatic heterocycles. The SMILES string of the molecule is Cc1nc(O)c2c(n1)C(c1ccc(N3CCCC3)nc1)=CN(N1CCOCC1)C2. The predicted molar refractivity (Wildman–Crippen MR) is 109 cm³/mol. The second-order valence-electron chi connectivity index (χ2n) is 7.73. The van der Waals surface area contributed by atoms with Crippen LogP contribution in [0.4, 0.5) is 5.82 Å². The molecule has 0 aromatic carbocycles. The van der Waals surface area contributed by atoms with Gasteiger partial charge in [0, 0.05) is 49.7 Å². The zero-order chi connectivity index (χ0) is 19.8. The Morgan fingerprint density at radius 3 is 2.55 bits per heavy atom. The summed E-state index contributed by atoms with van der Waals surface area (Å²) in [5, 5.41) is 14.9. The first-order valence-electron chi connectivity index (χ1n) is 10.3. The lowest BCUT2D eigenvalue weighted by molar-refractivity contribution is -0.0680. The van der Waals surface area contributed by atoms with Gasteiger partial charge in [-0.2, -0.15) is 4.98 Å². The molecule has 5 rings (SSSR count). The second kappa shape index (κ2) is 7.61. The van der Waals surface area contributed by atoms with E-state index in [1.54, 1.807) is 6.92 Å². The number of hydrogen-bond donors (Lipinski definition) is 1. The van der Waals surface area contributed by atoms with Crippen LogP contribution in [0, 0.1) is 6.92 Å². The van der Waals surface area contributed by atoms with Crippen molar-refractivity contribution in [1.29, 1.82) is 0 Å². The molecule has 0 atom stereocenters. The zero-order valence-electron chi connectivity index (χ0n) is 16.7. The van der Waals surface area contributed by atoms with Crippen molar-refractivity contribution in [2.45, 2.75) is 26.3 Å². The van der Waals surface area contributed by atoms with Gasteiger partial charge in [-0.1, -0.05) is 0 Å². The van der Waals surface area contributed by atoms with E-state index in [4.69, 9.17) is 9.72 Å². The molecule has 0 amide bonds. The summed E-state index contributed by atoms with van der Waals surface area (Å²) >= 11 is 0. The number of aromatic hydroxyl groups is 1. The highest BCUT2D eigenvalue weighted by Gasteiger charge is 2.28. The van der Waals surface area contributed by atoms with E-state index >= 15 is 0 Å². The summed E-state index contributed by atoms with van der Waals surface area (Å²) in [6.45, 7) is 7.54. The fourth-order valence-electron chi connectivity index (χ4n) is 4.25. The number of anilines is 1. The van der Waals surface area contributed by atoms with Crippen LogP contribution in [0.3, 0.4) is 0 Å². The van der Waals surface area contributed by atoms with Crippen molar-refractivity contribution < 1.29 is 9.84 Å². The van der Waals surface area contributed by atoms with Gasteiger partial charge in [0.05, 0.1) is 31.0 Å². The van der Waals surface area contributed by atoms with Crippen molar-refractivity contribution in [1.82, 2.24) is 25.0 Å². The minimum Gasteiger partial charge on any atom is -0.493 e. The molecule has 0 aliphatic carbocycles. The first-order valence-corrected chi connectivity index (χ1v) is 10.3. The highest BCUT2D eigenvalue weighted by molar-refractivity contribution is 5.81. The Kier molecular flexibility index (Phi) is 4.81. The summed E-state index contributed by atoms with van der Waals surface area (Å²) < 4.78 is 5.50. The highest BCUT2D eigenvalue weighted by atomic mass is 16.5. The normalized spacial score (nSPS) is 20.0. The molecule has 0 bridgehead atoms. The van der Waals surface area contributed by atoms with E-state index in [2.05, 4.69) is 43.2 Å². The van der Waals surface area contributed by atoms with Gasteiger partial charge in [-0.05, 0) is 31.9 Å². The molecule has 2 aromatic rings. The van der Waals surface area contributed by atoms with E-state index in [1.165, 1.54) is 12.8 Å². The summed E-state index contributed by atoms with van der Waals surface area (Å²) in [5.74, 6) is 1.64. The summed E-state index contributed by atoms with van der Waals surface area (Å²) in [6, 6.07) is 4.19. The van der Waals surface area contributed by atoms with Crippen LogP contribution in [-0.2, 0) is 11.3 Å². The number of aromatic nitrogens is 3. The molecular formula is C21H26N6O2. The average molecular weight is 394 g/mol.